The van der Waals surface area contributed by atoms with Gasteiger partial charge < -0.3 is 20.3 Å². The minimum Gasteiger partial charge on any atom is -0.383 e. The third-order valence-corrected chi connectivity index (χ3v) is 4.81. The number of rotatable bonds is 10. The first-order valence-corrected chi connectivity index (χ1v) is 9.36. The van der Waals surface area contributed by atoms with Crippen molar-refractivity contribution in [2.24, 2.45) is 4.99 Å². The number of aliphatic imine (C=N–C) groups is 1. The van der Waals surface area contributed by atoms with Crippen LogP contribution in [0.2, 0.25) is 0 Å². The van der Waals surface area contributed by atoms with Gasteiger partial charge in [0, 0.05) is 39.3 Å². The number of hydrogen-bond donors (Lipinski definition) is 2. The van der Waals surface area contributed by atoms with E-state index < -0.39 is 0 Å². The molecule has 0 radical (unpaired) electrons. The third-order valence-electron chi connectivity index (χ3n) is 4.81. The zero-order valence-electron chi connectivity index (χ0n) is 16.5. The van der Waals surface area contributed by atoms with Gasteiger partial charge in [0.05, 0.1) is 6.61 Å². The largest absolute Gasteiger partial charge is 0.383 e. The first-order valence-electron chi connectivity index (χ1n) is 9.36. The van der Waals surface area contributed by atoms with Crippen LogP contribution in [0.15, 0.2) is 4.99 Å². The first-order chi connectivity index (χ1) is 11.5. The summed E-state index contributed by atoms with van der Waals surface area (Å²) in [6.45, 7) is 11.8. The van der Waals surface area contributed by atoms with Gasteiger partial charge in [-0.1, -0.05) is 6.42 Å². The number of methoxy groups -OCH3 is 1. The molecule has 1 saturated heterocycles. The summed E-state index contributed by atoms with van der Waals surface area (Å²) in [5.41, 5.74) is 0.165. The van der Waals surface area contributed by atoms with Crippen molar-refractivity contribution in [3.63, 3.8) is 0 Å². The van der Waals surface area contributed by atoms with Crippen LogP contribution in [-0.4, -0.2) is 88.4 Å². The predicted octanol–water partition coefficient (Wildman–Crippen LogP) is 1.38. The quantitative estimate of drug-likeness (QED) is 0.357. The first kappa shape index (κ1) is 21.2. The lowest BCUT2D eigenvalue weighted by Crippen LogP contribution is -2.55. The lowest BCUT2D eigenvalue weighted by Gasteiger charge is -2.41. The molecule has 1 rings (SSSR count). The topological polar surface area (TPSA) is 52.1 Å². The average Bonchev–Trinajstić information content (AvgIpc) is 2.60. The Morgan fingerprint density at radius 1 is 1.17 bits per heavy atom. The van der Waals surface area contributed by atoms with E-state index in [0.29, 0.717) is 0 Å². The molecule has 0 aromatic heterocycles. The van der Waals surface area contributed by atoms with Gasteiger partial charge in [-0.15, -0.1) is 0 Å². The van der Waals surface area contributed by atoms with E-state index in [0.717, 1.165) is 45.2 Å². The van der Waals surface area contributed by atoms with Gasteiger partial charge in [0.25, 0.3) is 0 Å². The van der Waals surface area contributed by atoms with Gasteiger partial charge in [-0.05, 0) is 59.8 Å². The molecule has 0 amide bonds. The molecule has 0 spiro atoms. The van der Waals surface area contributed by atoms with Gasteiger partial charge in [0.2, 0.25) is 0 Å². The van der Waals surface area contributed by atoms with Crippen LogP contribution in [0.3, 0.4) is 0 Å². The smallest absolute Gasteiger partial charge is 0.191 e. The van der Waals surface area contributed by atoms with Crippen molar-refractivity contribution in [2.75, 3.05) is 67.1 Å². The fraction of sp³-hybridized carbons (Fsp3) is 0.944. The van der Waals surface area contributed by atoms with E-state index in [1.807, 2.05) is 7.05 Å². The zero-order chi connectivity index (χ0) is 17.8. The fourth-order valence-corrected chi connectivity index (χ4v) is 3.05. The Hall–Kier alpha value is -0.850. The molecule has 0 unspecified atom stereocenters. The molecule has 1 aliphatic rings. The molecule has 142 valence electrons. The highest BCUT2D eigenvalue weighted by atomic mass is 16.5. The Kier molecular flexibility index (Phi) is 10.3. The van der Waals surface area contributed by atoms with Crippen LogP contribution in [0.25, 0.3) is 0 Å². The molecule has 2 N–H and O–H groups in total. The van der Waals surface area contributed by atoms with Gasteiger partial charge >= 0.3 is 0 Å². The summed E-state index contributed by atoms with van der Waals surface area (Å²) < 4.78 is 5.10. The number of piperidine rings is 1. The minimum absolute atomic E-state index is 0.165. The number of hydrogen-bond acceptors (Lipinski definition) is 4. The maximum Gasteiger partial charge on any atom is 0.191 e. The summed E-state index contributed by atoms with van der Waals surface area (Å²) in [5.74, 6) is 0.902. The summed E-state index contributed by atoms with van der Waals surface area (Å²) in [4.78, 5) is 9.24. The Labute approximate surface area is 149 Å². The van der Waals surface area contributed by atoms with Crippen LogP contribution in [0.1, 0.15) is 39.5 Å². The number of nitrogens with one attached hydrogen (secondary N) is 2. The number of likely N-dealkylation sites (N-methyl/N-ethyl adjacent to an activating group) is 1. The molecule has 6 nitrogen and oxygen atoms in total. The molecule has 1 aliphatic heterocycles. The van der Waals surface area contributed by atoms with Gasteiger partial charge in [0.15, 0.2) is 5.96 Å². The summed E-state index contributed by atoms with van der Waals surface area (Å²) in [6, 6.07) is 0. The maximum atomic E-state index is 5.10. The van der Waals surface area contributed by atoms with E-state index in [4.69, 9.17) is 4.74 Å². The molecule has 0 aromatic carbocycles. The van der Waals surface area contributed by atoms with Crippen molar-refractivity contribution in [3.8, 4) is 0 Å². The Morgan fingerprint density at radius 3 is 2.50 bits per heavy atom. The molecule has 1 heterocycles. The molecule has 0 aliphatic carbocycles. The molecule has 24 heavy (non-hydrogen) atoms. The second-order valence-corrected chi connectivity index (χ2v) is 7.36. The van der Waals surface area contributed by atoms with Crippen LogP contribution >= 0.6 is 0 Å². The van der Waals surface area contributed by atoms with Crippen molar-refractivity contribution in [2.45, 2.75) is 45.1 Å². The Bertz CT molecular complexity index is 353. The standard InChI is InChI=1S/C18H39N5O/c1-18(2,23-12-7-6-8-13-23)16-21-17(19-3)20-10-9-11-22(4)14-15-24-5/h6-16H2,1-5H3,(H2,19,20,21). The second-order valence-electron chi connectivity index (χ2n) is 7.36. The zero-order valence-corrected chi connectivity index (χ0v) is 16.5. The maximum absolute atomic E-state index is 5.10. The van der Waals surface area contributed by atoms with E-state index >= 15 is 0 Å². The number of ether oxygens (including phenoxy) is 1. The molecular formula is C18H39N5O. The molecule has 6 heteroatoms. The summed E-state index contributed by atoms with van der Waals surface area (Å²) in [6.07, 6.45) is 5.12. The van der Waals surface area contributed by atoms with E-state index in [1.165, 1.54) is 32.4 Å². The van der Waals surface area contributed by atoms with Crippen molar-refractivity contribution in [3.05, 3.63) is 0 Å². The highest BCUT2D eigenvalue weighted by Crippen LogP contribution is 2.19. The van der Waals surface area contributed by atoms with Gasteiger partial charge in [0.1, 0.15) is 0 Å². The minimum atomic E-state index is 0.165. The predicted molar refractivity (Wildman–Crippen MR) is 103 cm³/mol. The summed E-state index contributed by atoms with van der Waals surface area (Å²) in [5, 5.41) is 6.91. The van der Waals surface area contributed by atoms with Gasteiger partial charge in [-0.2, -0.15) is 0 Å². The van der Waals surface area contributed by atoms with Crippen LogP contribution in [0, 0.1) is 0 Å². The lowest BCUT2D eigenvalue weighted by molar-refractivity contribution is 0.0982. The normalized spacial score (nSPS) is 17.3. The van der Waals surface area contributed by atoms with Crippen LogP contribution in [-0.2, 0) is 4.74 Å². The summed E-state index contributed by atoms with van der Waals surface area (Å²) in [7, 11) is 5.72. The van der Waals surface area contributed by atoms with Crippen molar-refractivity contribution in [1.82, 2.24) is 20.4 Å². The molecule has 1 fully saturated rings. The Balaban J connectivity index is 2.22. The van der Waals surface area contributed by atoms with Gasteiger partial charge in [-0.25, -0.2) is 0 Å². The number of guanidine groups is 1. The van der Waals surface area contributed by atoms with Crippen molar-refractivity contribution < 1.29 is 4.74 Å². The van der Waals surface area contributed by atoms with Crippen LogP contribution < -0.4 is 10.6 Å². The summed E-state index contributed by atoms with van der Waals surface area (Å²) >= 11 is 0. The SMILES string of the molecule is CN=C(NCCCN(C)CCOC)NCC(C)(C)N1CCCCC1. The van der Waals surface area contributed by atoms with Crippen LogP contribution in [0.4, 0.5) is 0 Å². The molecular weight excluding hydrogens is 302 g/mol. The van der Waals surface area contributed by atoms with Gasteiger partial charge in [-0.3, -0.25) is 9.89 Å². The number of nitrogens with zero attached hydrogens (tertiary/aromatic N) is 3. The van der Waals surface area contributed by atoms with Crippen molar-refractivity contribution >= 4 is 5.96 Å². The van der Waals surface area contributed by atoms with Crippen molar-refractivity contribution in [1.29, 1.82) is 0 Å². The monoisotopic (exact) mass is 341 g/mol. The Morgan fingerprint density at radius 2 is 1.88 bits per heavy atom. The second kappa shape index (κ2) is 11.7. The highest BCUT2D eigenvalue weighted by Gasteiger charge is 2.27. The highest BCUT2D eigenvalue weighted by molar-refractivity contribution is 5.79. The average molecular weight is 342 g/mol. The number of likely N-dealkylation sites (tertiary alicyclic amines) is 1. The van der Waals surface area contributed by atoms with E-state index in [-0.39, 0.29) is 5.54 Å². The molecule has 0 aromatic rings. The fourth-order valence-electron chi connectivity index (χ4n) is 3.05. The third kappa shape index (κ3) is 8.31. The van der Waals surface area contributed by atoms with E-state index in [9.17, 15) is 0 Å². The van der Waals surface area contributed by atoms with E-state index in [2.05, 4.69) is 46.3 Å². The lowest BCUT2D eigenvalue weighted by atomic mass is 9.98. The van der Waals surface area contributed by atoms with Crippen LogP contribution in [0.5, 0.6) is 0 Å². The molecule has 0 atom stereocenters. The molecule has 0 saturated carbocycles. The molecule has 0 bridgehead atoms. The van der Waals surface area contributed by atoms with E-state index in [1.54, 1.807) is 7.11 Å².